The van der Waals surface area contributed by atoms with Crippen LogP contribution in [0.1, 0.15) is 6.42 Å². The van der Waals surface area contributed by atoms with E-state index in [1.54, 1.807) is 0 Å². The van der Waals surface area contributed by atoms with Crippen molar-refractivity contribution in [3.05, 3.63) is 28.7 Å². The van der Waals surface area contributed by atoms with Crippen LogP contribution in [-0.2, 0) is 4.79 Å². The van der Waals surface area contributed by atoms with Gasteiger partial charge in [-0.3, -0.25) is 4.79 Å². The Bertz CT molecular complexity index is 343. The Morgan fingerprint density at radius 2 is 2.27 bits per heavy atom. The maximum Gasteiger partial charge on any atom is 0.306 e. The minimum absolute atomic E-state index is 0.207. The number of rotatable bonds is 5. The first-order valence-corrected chi connectivity index (χ1v) is 6.14. The number of carbonyl (C=O) groups is 1. The zero-order valence-corrected chi connectivity index (χ0v) is 10.3. The number of benzene rings is 1. The number of aliphatic hydroxyl groups is 1. The lowest BCUT2D eigenvalue weighted by Crippen LogP contribution is -2.15. The van der Waals surface area contributed by atoms with Crippen molar-refractivity contribution in [1.82, 2.24) is 0 Å². The van der Waals surface area contributed by atoms with E-state index in [1.165, 1.54) is 11.8 Å². The van der Waals surface area contributed by atoms with E-state index in [-0.39, 0.29) is 6.42 Å². The number of thioether (sulfide) groups is 1. The monoisotopic (exact) mass is 290 g/mol. The van der Waals surface area contributed by atoms with Gasteiger partial charge in [0.1, 0.15) is 0 Å². The maximum absolute atomic E-state index is 10.3. The first-order valence-electron chi connectivity index (χ1n) is 4.36. The topological polar surface area (TPSA) is 57.5 Å². The van der Waals surface area contributed by atoms with E-state index in [0.29, 0.717) is 5.75 Å². The van der Waals surface area contributed by atoms with Gasteiger partial charge < -0.3 is 10.2 Å². The lowest BCUT2D eigenvalue weighted by Gasteiger charge is -2.07. The van der Waals surface area contributed by atoms with Gasteiger partial charge in [0, 0.05) is 15.1 Å². The van der Waals surface area contributed by atoms with Gasteiger partial charge in [0.25, 0.3) is 0 Å². The van der Waals surface area contributed by atoms with Gasteiger partial charge in [-0.1, -0.05) is 22.0 Å². The predicted molar refractivity (Wildman–Crippen MR) is 63.1 cm³/mol. The Balaban J connectivity index is 2.40. The Kier molecular flexibility index (Phi) is 5.14. The first-order chi connectivity index (χ1) is 7.08. The van der Waals surface area contributed by atoms with Gasteiger partial charge in [0.15, 0.2) is 0 Å². The van der Waals surface area contributed by atoms with Gasteiger partial charge in [-0.15, -0.1) is 11.8 Å². The molecule has 1 aromatic rings. The molecule has 2 N–H and O–H groups in total. The molecule has 0 aliphatic rings. The zero-order valence-electron chi connectivity index (χ0n) is 7.89. The summed E-state index contributed by atoms with van der Waals surface area (Å²) in [6.45, 7) is 0. The minimum atomic E-state index is -0.975. The predicted octanol–water partition coefficient (Wildman–Crippen LogP) is 2.38. The number of carboxylic acid groups (broad SMARTS) is 1. The molecule has 0 heterocycles. The third kappa shape index (κ3) is 5.20. The molecular weight excluding hydrogens is 280 g/mol. The molecule has 5 heteroatoms. The summed E-state index contributed by atoms with van der Waals surface area (Å²) in [5, 5.41) is 17.8. The second-order valence-electron chi connectivity index (χ2n) is 3.02. The van der Waals surface area contributed by atoms with Crippen molar-refractivity contribution in [2.45, 2.75) is 17.4 Å². The molecule has 0 amide bonds. The van der Waals surface area contributed by atoms with Crippen LogP contribution in [-0.4, -0.2) is 28.0 Å². The molecule has 15 heavy (non-hydrogen) atoms. The number of carboxylic acids is 1. The summed E-state index contributed by atoms with van der Waals surface area (Å²) in [7, 11) is 0. The summed E-state index contributed by atoms with van der Waals surface area (Å²) in [4.78, 5) is 11.3. The van der Waals surface area contributed by atoms with Gasteiger partial charge in [-0.2, -0.15) is 0 Å². The molecule has 0 saturated carbocycles. The molecule has 82 valence electrons. The van der Waals surface area contributed by atoms with Crippen molar-refractivity contribution in [3.63, 3.8) is 0 Å². The number of aliphatic carboxylic acids is 1. The molecule has 0 aromatic heterocycles. The van der Waals surface area contributed by atoms with Crippen LogP contribution < -0.4 is 0 Å². The average Bonchev–Trinajstić information content (AvgIpc) is 2.14. The third-order valence-corrected chi connectivity index (χ3v) is 3.28. The van der Waals surface area contributed by atoms with Gasteiger partial charge in [0.2, 0.25) is 0 Å². The van der Waals surface area contributed by atoms with Crippen LogP contribution in [0.15, 0.2) is 33.6 Å². The Morgan fingerprint density at radius 1 is 1.53 bits per heavy atom. The molecule has 1 rings (SSSR count). The fourth-order valence-corrected chi connectivity index (χ4v) is 2.45. The summed E-state index contributed by atoms with van der Waals surface area (Å²) in [5.41, 5.74) is 0. The molecule has 1 aromatic carbocycles. The maximum atomic E-state index is 10.3. The molecule has 3 nitrogen and oxygen atoms in total. The molecule has 0 spiro atoms. The average molecular weight is 291 g/mol. The summed E-state index contributed by atoms with van der Waals surface area (Å²) in [6.07, 6.45) is -1.01. The SMILES string of the molecule is O=C(O)CC(O)CSc1cccc(Br)c1. The molecule has 1 unspecified atom stereocenters. The Labute approximate surface area is 101 Å². The molecule has 0 bridgehead atoms. The largest absolute Gasteiger partial charge is 0.481 e. The number of halogens is 1. The summed E-state index contributed by atoms with van der Waals surface area (Å²) in [6, 6.07) is 7.66. The lowest BCUT2D eigenvalue weighted by atomic mass is 10.3. The number of hydrogen-bond acceptors (Lipinski definition) is 3. The smallest absolute Gasteiger partial charge is 0.306 e. The van der Waals surface area contributed by atoms with Crippen molar-refractivity contribution in [2.75, 3.05) is 5.75 Å². The van der Waals surface area contributed by atoms with Crippen LogP contribution in [0.4, 0.5) is 0 Å². The number of aliphatic hydroxyl groups excluding tert-OH is 1. The van der Waals surface area contributed by atoms with E-state index in [0.717, 1.165) is 9.37 Å². The second-order valence-corrected chi connectivity index (χ2v) is 5.03. The van der Waals surface area contributed by atoms with Gasteiger partial charge in [-0.05, 0) is 18.2 Å². The molecule has 1 atom stereocenters. The van der Waals surface area contributed by atoms with Crippen molar-refractivity contribution >= 4 is 33.7 Å². The van der Waals surface area contributed by atoms with Gasteiger partial charge in [0.05, 0.1) is 12.5 Å². The zero-order chi connectivity index (χ0) is 11.3. The third-order valence-electron chi connectivity index (χ3n) is 1.65. The first kappa shape index (κ1) is 12.5. The van der Waals surface area contributed by atoms with Gasteiger partial charge >= 0.3 is 5.97 Å². The summed E-state index contributed by atoms with van der Waals surface area (Å²) >= 11 is 4.78. The normalized spacial score (nSPS) is 12.4. The highest BCUT2D eigenvalue weighted by atomic mass is 79.9. The Morgan fingerprint density at radius 3 is 2.87 bits per heavy atom. The van der Waals surface area contributed by atoms with Crippen molar-refractivity contribution in [2.24, 2.45) is 0 Å². The summed E-state index contributed by atoms with van der Waals surface area (Å²) in [5.74, 6) is -0.583. The van der Waals surface area contributed by atoms with Crippen LogP contribution in [0.25, 0.3) is 0 Å². The van der Waals surface area contributed by atoms with E-state index in [2.05, 4.69) is 15.9 Å². The Hall–Kier alpha value is -0.520. The van der Waals surface area contributed by atoms with E-state index in [4.69, 9.17) is 5.11 Å². The molecule has 0 radical (unpaired) electrons. The standard InChI is InChI=1S/C10H11BrO3S/c11-7-2-1-3-9(4-7)15-6-8(12)5-10(13)14/h1-4,8,12H,5-6H2,(H,13,14). The van der Waals surface area contributed by atoms with Crippen LogP contribution in [0.5, 0.6) is 0 Å². The van der Waals surface area contributed by atoms with E-state index in [1.807, 2.05) is 24.3 Å². The van der Waals surface area contributed by atoms with Crippen LogP contribution in [0.3, 0.4) is 0 Å². The molecule has 0 aliphatic heterocycles. The molecular formula is C10H11BrO3S. The molecule has 0 aliphatic carbocycles. The van der Waals surface area contributed by atoms with E-state index in [9.17, 15) is 9.90 Å². The van der Waals surface area contributed by atoms with Crippen molar-refractivity contribution < 1.29 is 15.0 Å². The minimum Gasteiger partial charge on any atom is -0.481 e. The van der Waals surface area contributed by atoms with Gasteiger partial charge in [-0.25, -0.2) is 0 Å². The van der Waals surface area contributed by atoms with Crippen LogP contribution in [0.2, 0.25) is 0 Å². The quantitative estimate of drug-likeness (QED) is 0.818. The lowest BCUT2D eigenvalue weighted by molar-refractivity contribution is -0.138. The van der Waals surface area contributed by atoms with Crippen molar-refractivity contribution in [1.29, 1.82) is 0 Å². The second kappa shape index (κ2) is 6.15. The van der Waals surface area contributed by atoms with Crippen LogP contribution >= 0.6 is 27.7 Å². The number of hydrogen-bond donors (Lipinski definition) is 2. The highest BCUT2D eigenvalue weighted by Crippen LogP contribution is 2.22. The fourth-order valence-electron chi connectivity index (χ4n) is 1.01. The van der Waals surface area contributed by atoms with Crippen LogP contribution in [0, 0.1) is 0 Å². The van der Waals surface area contributed by atoms with E-state index >= 15 is 0 Å². The van der Waals surface area contributed by atoms with Crippen molar-refractivity contribution in [3.8, 4) is 0 Å². The highest BCUT2D eigenvalue weighted by molar-refractivity contribution is 9.10. The fraction of sp³-hybridized carbons (Fsp3) is 0.300. The summed E-state index contributed by atoms with van der Waals surface area (Å²) < 4.78 is 0.972. The molecule has 0 saturated heterocycles. The van der Waals surface area contributed by atoms with E-state index < -0.39 is 12.1 Å². The highest BCUT2D eigenvalue weighted by Gasteiger charge is 2.09. The molecule has 0 fully saturated rings.